The molecule has 120 valence electrons. The summed E-state index contributed by atoms with van der Waals surface area (Å²) >= 11 is 7.20. The first-order chi connectivity index (χ1) is 11.0. The smallest absolute Gasteiger partial charge is 0.248 e. The van der Waals surface area contributed by atoms with Crippen molar-refractivity contribution in [3.63, 3.8) is 0 Å². The number of benzene rings is 1. The minimum absolute atomic E-state index is 0.284. The highest BCUT2D eigenvalue weighted by atomic mass is 35.5. The normalized spacial score (nSPS) is 18.2. The average Bonchev–Trinajstić information content (AvgIpc) is 3.13. The molecule has 9 heteroatoms. The molecule has 0 saturated heterocycles. The van der Waals surface area contributed by atoms with Gasteiger partial charge in [-0.25, -0.2) is 18.1 Å². The summed E-state index contributed by atoms with van der Waals surface area (Å²) in [5, 5.41) is 5.53. The Balaban J connectivity index is 1.68. The van der Waals surface area contributed by atoms with Gasteiger partial charge < -0.3 is 0 Å². The van der Waals surface area contributed by atoms with E-state index < -0.39 is 10.0 Å². The molecule has 0 unspecified atom stereocenters. The molecular weight excluding hydrogens is 356 g/mol. The zero-order valence-electron chi connectivity index (χ0n) is 11.9. The predicted octanol–water partition coefficient (Wildman–Crippen LogP) is 2.96. The van der Waals surface area contributed by atoms with Crippen LogP contribution in [0.5, 0.6) is 0 Å². The second-order valence-corrected chi connectivity index (χ2v) is 8.87. The van der Waals surface area contributed by atoms with Gasteiger partial charge in [0.25, 0.3) is 10.0 Å². The highest BCUT2D eigenvalue weighted by molar-refractivity contribution is 7.91. The van der Waals surface area contributed by atoms with Crippen LogP contribution in [0.15, 0.2) is 34.8 Å². The fraction of sp³-hybridized carbons (Fsp3) is 0.286. The van der Waals surface area contributed by atoms with Gasteiger partial charge in [-0.3, -0.25) is 0 Å². The molecule has 3 heterocycles. The van der Waals surface area contributed by atoms with E-state index in [1.165, 1.54) is 17.7 Å². The van der Waals surface area contributed by atoms with E-state index in [1.807, 2.05) is 6.07 Å². The zero-order chi connectivity index (χ0) is 16.0. The van der Waals surface area contributed by atoms with Gasteiger partial charge in [0.15, 0.2) is 0 Å². The lowest BCUT2D eigenvalue weighted by atomic mass is 10.1. The van der Waals surface area contributed by atoms with Crippen LogP contribution in [-0.2, 0) is 16.6 Å². The maximum absolute atomic E-state index is 12.7. The number of hydrogen-bond acceptors (Lipinski definition) is 5. The molecule has 0 fully saturated rings. The molecule has 0 saturated carbocycles. The van der Waals surface area contributed by atoms with Gasteiger partial charge >= 0.3 is 0 Å². The molecule has 1 aromatic carbocycles. The van der Waals surface area contributed by atoms with Crippen molar-refractivity contribution >= 4 is 43.0 Å². The summed E-state index contributed by atoms with van der Waals surface area (Å²) in [6.45, 7) is 0.773. The van der Waals surface area contributed by atoms with Crippen LogP contribution in [0.3, 0.4) is 0 Å². The van der Waals surface area contributed by atoms with Crippen LogP contribution < -0.4 is 4.72 Å². The van der Waals surface area contributed by atoms with Crippen molar-refractivity contribution in [2.24, 2.45) is 0 Å². The van der Waals surface area contributed by atoms with Crippen LogP contribution in [0.4, 0.5) is 0 Å². The molecule has 1 aliphatic heterocycles. The Bertz CT molecular complexity index is 980. The van der Waals surface area contributed by atoms with Crippen molar-refractivity contribution in [1.82, 2.24) is 19.5 Å². The number of thiophene rings is 1. The van der Waals surface area contributed by atoms with Crippen LogP contribution in [0.25, 0.3) is 10.1 Å². The predicted molar refractivity (Wildman–Crippen MR) is 89.2 cm³/mol. The molecule has 3 aromatic rings. The van der Waals surface area contributed by atoms with Crippen molar-refractivity contribution in [3.8, 4) is 0 Å². The standard InChI is InChI=1S/C14H13ClN4O2S2/c15-10-3-4-12-9(6-10)7-13(22-12)23(20,21)18-11-2-1-5-19-14(11)16-8-17-19/h3-4,6-8,11,18H,1-2,5H2/t11-/m0/s1. The Morgan fingerprint density at radius 2 is 2.22 bits per heavy atom. The van der Waals surface area contributed by atoms with Crippen molar-refractivity contribution in [3.05, 3.63) is 41.4 Å². The monoisotopic (exact) mass is 368 g/mol. The Kier molecular flexibility index (Phi) is 3.64. The van der Waals surface area contributed by atoms with Crippen LogP contribution in [-0.4, -0.2) is 23.2 Å². The molecule has 1 atom stereocenters. The number of rotatable bonds is 3. The van der Waals surface area contributed by atoms with E-state index in [4.69, 9.17) is 11.6 Å². The first kappa shape index (κ1) is 15.1. The van der Waals surface area contributed by atoms with Crippen molar-refractivity contribution in [2.45, 2.75) is 29.6 Å². The molecule has 0 spiro atoms. The molecule has 6 nitrogen and oxygen atoms in total. The topological polar surface area (TPSA) is 76.9 Å². The van der Waals surface area contributed by atoms with Gasteiger partial charge in [0.1, 0.15) is 16.4 Å². The molecule has 0 bridgehead atoms. The number of hydrogen-bond donors (Lipinski definition) is 1. The molecule has 1 aliphatic rings. The van der Waals surface area contributed by atoms with E-state index in [0.717, 1.165) is 23.1 Å². The Labute approximate surface area is 142 Å². The summed E-state index contributed by atoms with van der Waals surface area (Å²) in [7, 11) is -3.61. The average molecular weight is 369 g/mol. The number of aryl methyl sites for hydroxylation is 1. The van der Waals surface area contributed by atoms with E-state index in [-0.39, 0.29) is 10.3 Å². The van der Waals surface area contributed by atoms with Crippen LogP contribution in [0.2, 0.25) is 5.02 Å². The summed E-state index contributed by atoms with van der Waals surface area (Å²) in [6.07, 6.45) is 3.05. The van der Waals surface area contributed by atoms with E-state index in [0.29, 0.717) is 17.3 Å². The second-order valence-electron chi connectivity index (χ2n) is 5.41. The Morgan fingerprint density at radius 3 is 3.09 bits per heavy atom. The van der Waals surface area contributed by atoms with Gasteiger partial charge in [-0.05, 0) is 42.5 Å². The zero-order valence-corrected chi connectivity index (χ0v) is 14.3. The number of nitrogens with one attached hydrogen (secondary N) is 1. The number of halogens is 1. The Morgan fingerprint density at radius 1 is 1.35 bits per heavy atom. The van der Waals surface area contributed by atoms with Crippen LogP contribution in [0.1, 0.15) is 24.7 Å². The Hall–Kier alpha value is -1.48. The minimum Gasteiger partial charge on any atom is -0.248 e. The van der Waals surface area contributed by atoms with Crippen molar-refractivity contribution < 1.29 is 8.42 Å². The van der Waals surface area contributed by atoms with Gasteiger partial charge in [-0.2, -0.15) is 9.82 Å². The molecule has 23 heavy (non-hydrogen) atoms. The van der Waals surface area contributed by atoms with Gasteiger partial charge in [0.05, 0.1) is 6.04 Å². The third-order valence-corrected chi connectivity index (χ3v) is 7.13. The van der Waals surface area contributed by atoms with E-state index in [2.05, 4.69) is 14.8 Å². The molecule has 4 rings (SSSR count). The number of nitrogens with zero attached hydrogens (tertiary/aromatic N) is 3. The molecule has 0 radical (unpaired) electrons. The number of fused-ring (bicyclic) bond motifs is 2. The lowest BCUT2D eigenvalue weighted by Crippen LogP contribution is -2.33. The number of sulfonamides is 1. The van der Waals surface area contributed by atoms with E-state index in [1.54, 1.807) is 22.9 Å². The second kappa shape index (κ2) is 5.55. The summed E-state index contributed by atoms with van der Waals surface area (Å²) in [5.41, 5.74) is 0. The SMILES string of the molecule is O=S(=O)(N[C@H]1CCCn2ncnc21)c1cc2cc(Cl)ccc2s1. The largest absolute Gasteiger partial charge is 0.250 e. The van der Waals surface area contributed by atoms with Crippen LogP contribution >= 0.6 is 22.9 Å². The first-order valence-electron chi connectivity index (χ1n) is 7.12. The third-order valence-electron chi connectivity index (χ3n) is 3.84. The van der Waals surface area contributed by atoms with Gasteiger partial charge in [0.2, 0.25) is 0 Å². The molecule has 0 amide bonds. The minimum atomic E-state index is -3.61. The van der Waals surface area contributed by atoms with Gasteiger partial charge in [-0.15, -0.1) is 11.3 Å². The molecule has 0 aliphatic carbocycles. The summed E-state index contributed by atoms with van der Waals surface area (Å²) in [6, 6.07) is 6.67. The fourth-order valence-corrected chi connectivity index (χ4v) is 5.57. The summed E-state index contributed by atoms with van der Waals surface area (Å²) < 4.78 is 31.1. The highest BCUT2D eigenvalue weighted by Crippen LogP contribution is 2.32. The lowest BCUT2D eigenvalue weighted by Gasteiger charge is -2.22. The molecular formula is C14H13ClN4O2S2. The summed E-state index contributed by atoms with van der Waals surface area (Å²) in [4.78, 5) is 4.18. The lowest BCUT2D eigenvalue weighted by molar-refractivity contribution is 0.400. The molecule has 1 N–H and O–H groups in total. The number of aromatic nitrogens is 3. The fourth-order valence-electron chi connectivity index (χ4n) is 2.77. The third kappa shape index (κ3) is 2.76. The summed E-state index contributed by atoms with van der Waals surface area (Å²) in [5.74, 6) is 0.670. The maximum atomic E-state index is 12.7. The van der Waals surface area contributed by atoms with E-state index in [9.17, 15) is 8.42 Å². The molecule has 2 aromatic heterocycles. The van der Waals surface area contributed by atoms with E-state index >= 15 is 0 Å². The van der Waals surface area contributed by atoms with Crippen molar-refractivity contribution in [2.75, 3.05) is 0 Å². The van der Waals surface area contributed by atoms with Gasteiger partial charge in [-0.1, -0.05) is 11.6 Å². The van der Waals surface area contributed by atoms with Crippen molar-refractivity contribution in [1.29, 1.82) is 0 Å². The maximum Gasteiger partial charge on any atom is 0.250 e. The first-order valence-corrected chi connectivity index (χ1v) is 9.80. The van der Waals surface area contributed by atoms with Crippen LogP contribution in [0, 0.1) is 0 Å². The van der Waals surface area contributed by atoms with Gasteiger partial charge in [0, 0.05) is 16.3 Å². The quantitative estimate of drug-likeness (QED) is 0.771. The highest BCUT2D eigenvalue weighted by Gasteiger charge is 2.28.